The number of aryl methyl sites for hydroxylation is 1. The van der Waals surface area contributed by atoms with Crippen LogP contribution in [0.5, 0.6) is 0 Å². The van der Waals surface area contributed by atoms with Gasteiger partial charge >= 0.3 is 0 Å². The number of aromatic nitrogens is 3. The highest BCUT2D eigenvalue weighted by molar-refractivity contribution is 7.89. The molecule has 37 heavy (non-hydrogen) atoms. The van der Waals surface area contributed by atoms with Gasteiger partial charge in [0, 0.05) is 46.9 Å². The highest BCUT2D eigenvalue weighted by Gasteiger charge is 2.20. The fourth-order valence-electron chi connectivity index (χ4n) is 4.73. The lowest BCUT2D eigenvalue weighted by Crippen LogP contribution is -2.31. The summed E-state index contributed by atoms with van der Waals surface area (Å²) in [6.45, 7) is 8.85. The number of nitrogens with one attached hydrogen (secondary N) is 2. The minimum atomic E-state index is -3.71. The van der Waals surface area contributed by atoms with Gasteiger partial charge in [-0.05, 0) is 84.3 Å². The smallest absolute Gasteiger partial charge is 0.260 e. The fraction of sp³-hybridized carbons (Fsp3) is 0.500. The average Bonchev–Trinajstić information content (AvgIpc) is 2.84. The predicted octanol–water partition coefficient (Wildman–Crippen LogP) is 3.96. The molecule has 1 fully saturated rings. The minimum Gasteiger partial charge on any atom is -0.354 e. The molecule has 3 heterocycles. The molecule has 4 rings (SSSR count). The molecule has 2 N–H and O–H groups in total. The van der Waals surface area contributed by atoms with E-state index in [1.807, 2.05) is 6.92 Å². The summed E-state index contributed by atoms with van der Waals surface area (Å²) in [5, 5.41) is 4.20. The molecule has 1 aromatic carbocycles. The number of anilines is 1. The molecule has 0 spiro atoms. The second kappa shape index (κ2) is 11.5. The number of benzene rings is 1. The van der Waals surface area contributed by atoms with Crippen LogP contribution in [0.1, 0.15) is 40.0 Å². The number of halogens is 1. The van der Waals surface area contributed by atoms with Crippen molar-refractivity contribution in [3.8, 4) is 11.1 Å². The van der Waals surface area contributed by atoms with Gasteiger partial charge in [-0.1, -0.05) is 17.7 Å². The van der Waals surface area contributed by atoms with Gasteiger partial charge in [0.25, 0.3) is 5.56 Å². The number of nitrogens with zero attached hydrogens (tertiary/aromatic N) is 4. The first-order valence-electron chi connectivity index (χ1n) is 12.7. The van der Waals surface area contributed by atoms with Gasteiger partial charge in [-0.2, -0.15) is 4.98 Å². The number of pyridine rings is 1. The number of rotatable bonds is 9. The van der Waals surface area contributed by atoms with Crippen LogP contribution in [-0.2, 0) is 16.6 Å². The summed E-state index contributed by atoms with van der Waals surface area (Å²) in [5.41, 5.74) is 1.12. The van der Waals surface area contributed by atoms with Crippen LogP contribution >= 0.6 is 11.6 Å². The standard InChI is InChI=1S/C26H35ClN6O3S/c1-5-33-24-19(16-29-26(30-24)28-11-8-18-9-12-32(4)13-10-18)14-22(25(33)34)21-7-6-20(15-23(21)27)37(35,36)31-17(2)3/h6-7,14-18,31H,5,8-13H2,1-4H3,(H,28,29,30). The second-order valence-corrected chi connectivity index (χ2v) is 12.1. The van der Waals surface area contributed by atoms with E-state index in [9.17, 15) is 13.2 Å². The van der Waals surface area contributed by atoms with Crippen molar-refractivity contribution in [3.63, 3.8) is 0 Å². The van der Waals surface area contributed by atoms with Gasteiger partial charge in [-0.25, -0.2) is 18.1 Å². The molecular formula is C26H35ClN6O3S. The third-order valence-corrected chi connectivity index (χ3v) is 8.72. The van der Waals surface area contributed by atoms with Crippen LogP contribution in [0, 0.1) is 5.92 Å². The lowest BCUT2D eigenvalue weighted by atomic mass is 9.94. The summed E-state index contributed by atoms with van der Waals surface area (Å²) in [7, 11) is -1.55. The van der Waals surface area contributed by atoms with Crippen LogP contribution in [0.4, 0.5) is 5.95 Å². The average molecular weight is 547 g/mol. The van der Waals surface area contributed by atoms with Crippen molar-refractivity contribution in [2.24, 2.45) is 5.92 Å². The van der Waals surface area contributed by atoms with Crippen molar-refractivity contribution in [2.75, 3.05) is 32.0 Å². The first kappa shape index (κ1) is 27.5. The Balaban J connectivity index is 1.60. The van der Waals surface area contributed by atoms with E-state index in [4.69, 9.17) is 11.6 Å². The van der Waals surface area contributed by atoms with Gasteiger partial charge in [-0.15, -0.1) is 0 Å². The van der Waals surface area contributed by atoms with Crippen molar-refractivity contribution in [1.29, 1.82) is 0 Å². The summed E-state index contributed by atoms with van der Waals surface area (Å²) in [6, 6.07) is 5.86. The molecule has 2 aromatic heterocycles. The van der Waals surface area contributed by atoms with Crippen molar-refractivity contribution >= 4 is 38.6 Å². The van der Waals surface area contributed by atoms with E-state index in [0.717, 1.165) is 26.1 Å². The Bertz CT molecular complexity index is 1430. The maximum atomic E-state index is 13.4. The Morgan fingerprint density at radius 2 is 1.89 bits per heavy atom. The molecule has 3 aromatic rings. The number of hydrogen-bond acceptors (Lipinski definition) is 7. The molecule has 9 nitrogen and oxygen atoms in total. The van der Waals surface area contributed by atoms with Crippen LogP contribution < -0.4 is 15.6 Å². The summed E-state index contributed by atoms with van der Waals surface area (Å²) in [4.78, 5) is 25.0. The molecule has 0 saturated carbocycles. The van der Waals surface area contributed by atoms with Gasteiger partial charge in [-0.3, -0.25) is 9.36 Å². The van der Waals surface area contributed by atoms with Crippen LogP contribution in [0.3, 0.4) is 0 Å². The Kier molecular flexibility index (Phi) is 8.52. The van der Waals surface area contributed by atoms with E-state index in [2.05, 4.69) is 32.0 Å². The van der Waals surface area contributed by atoms with Gasteiger partial charge in [0.2, 0.25) is 16.0 Å². The van der Waals surface area contributed by atoms with Crippen molar-refractivity contribution in [3.05, 3.63) is 45.8 Å². The van der Waals surface area contributed by atoms with Crippen LogP contribution in [0.15, 0.2) is 40.2 Å². The molecular weight excluding hydrogens is 512 g/mol. The highest BCUT2D eigenvalue weighted by atomic mass is 35.5. The molecule has 0 radical (unpaired) electrons. The Hall–Kier alpha value is -2.53. The van der Waals surface area contributed by atoms with Crippen LogP contribution in [0.2, 0.25) is 5.02 Å². The fourth-order valence-corrected chi connectivity index (χ4v) is 6.35. The summed E-state index contributed by atoms with van der Waals surface area (Å²) < 4.78 is 29.2. The summed E-state index contributed by atoms with van der Waals surface area (Å²) in [5.74, 6) is 1.20. The van der Waals surface area contributed by atoms with Crippen molar-refractivity contribution in [2.45, 2.75) is 57.5 Å². The Labute approximate surface area is 223 Å². The zero-order valence-electron chi connectivity index (χ0n) is 21.8. The van der Waals surface area contributed by atoms with Crippen LogP contribution in [-0.4, -0.2) is 60.6 Å². The molecule has 1 aliphatic rings. The largest absolute Gasteiger partial charge is 0.354 e. The molecule has 200 valence electrons. The third-order valence-electron chi connectivity index (χ3n) is 6.75. The molecule has 0 amide bonds. The Morgan fingerprint density at radius 3 is 2.54 bits per heavy atom. The van der Waals surface area contributed by atoms with E-state index in [1.54, 1.807) is 36.7 Å². The predicted molar refractivity (Wildman–Crippen MR) is 149 cm³/mol. The van der Waals surface area contributed by atoms with E-state index < -0.39 is 10.0 Å². The quantitative estimate of drug-likeness (QED) is 0.418. The SMILES string of the molecule is CCn1c(=O)c(-c2ccc(S(=O)(=O)NC(C)C)cc2Cl)cc2cnc(NCCC3CCN(C)CC3)nc21. The molecule has 1 saturated heterocycles. The number of hydrogen-bond donors (Lipinski definition) is 2. The maximum Gasteiger partial charge on any atom is 0.260 e. The zero-order chi connectivity index (χ0) is 26.7. The van der Waals surface area contributed by atoms with Gasteiger partial charge in [0.15, 0.2) is 0 Å². The first-order valence-corrected chi connectivity index (χ1v) is 14.6. The highest BCUT2D eigenvalue weighted by Crippen LogP contribution is 2.30. The van der Waals surface area contributed by atoms with Crippen molar-refractivity contribution < 1.29 is 8.42 Å². The molecule has 0 unspecified atom stereocenters. The monoisotopic (exact) mass is 546 g/mol. The zero-order valence-corrected chi connectivity index (χ0v) is 23.4. The molecule has 1 aliphatic heterocycles. The number of likely N-dealkylation sites (tertiary alicyclic amines) is 1. The normalized spacial score (nSPS) is 15.5. The third kappa shape index (κ3) is 6.31. The Morgan fingerprint density at radius 1 is 1.16 bits per heavy atom. The van der Waals surface area contributed by atoms with Crippen molar-refractivity contribution in [1.82, 2.24) is 24.2 Å². The lowest BCUT2D eigenvalue weighted by molar-refractivity contribution is 0.215. The maximum absolute atomic E-state index is 13.4. The van der Waals surface area contributed by atoms with E-state index >= 15 is 0 Å². The minimum absolute atomic E-state index is 0.0471. The molecule has 0 bridgehead atoms. The van der Waals surface area contributed by atoms with Crippen LogP contribution in [0.25, 0.3) is 22.2 Å². The molecule has 0 atom stereocenters. The molecule has 0 aliphatic carbocycles. The first-order chi connectivity index (χ1) is 17.6. The topological polar surface area (TPSA) is 109 Å². The second-order valence-electron chi connectivity index (χ2n) is 9.96. The number of piperidine rings is 1. The van der Waals surface area contributed by atoms with Gasteiger partial charge in [0.1, 0.15) is 5.65 Å². The summed E-state index contributed by atoms with van der Waals surface area (Å²) >= 11 is 6.50. The number of sulfonamides is 1. The summed E-state index contributed by atoms with van der Waals surface area (Å²) in [6.07, 6.45) is 5.18. The van der Waals surface area contributed by atoms with Gasteiger partial charge in [0.05, 0.1) is 4.90 Å². The van der Waals surface area contributed by atoms with E-state index in [-0.39, 0.29) is 21.5 Å². The number of fused-ring (bicyclic) bond motifs is 1. The van der Waals surface area contributed by atoms with Gasteiger partial charge < -0.3 is 10.2 Å². The lowest BCUT2D eigenvalue weighted by Gasteiger charge is -2.28. The van der Waals surface area contributed by atoms with E-state index in [0.29, 0.717) is 40.6 Å². The molecule has 11 heteroatoms. The van der Waals surface area contributed by atoms with E-state index in [1.165, 1.54) is 25.0 Å².